The first-order valence-corrected chi connectivity index (χ1v) is 3.99. The maximum Gasteiger partial charge on any atom is 0.224 e. The van der Waals surface area contributed by atoms with Gasteiger partial charge in [-0.15, -0.1) is 0 Å². The molecule has 0 aliphatic heterocycles. The molecule has 0 atom stereocenters. The summed E-state index contributed by atoms with van der Waals surface area (Å²) in [5, 5.41) is 20.2. The highest BCUT2D eigenvalue weighted by molar-refractivity contribution is 5.38. The summed E-state index contributed by atoms with van der Waals surface area (Å²) in [5.41, 5.74) is 1.80. The minimum Gasteiger partial charge on any atom is -0.618 e. The lowest BCUT2D eigenvalue weighted by Crippen LogP contribution is -2.33. The molecule has 0 aromatic carbocycles. The van der Waals surface area contributed by atoms with Crippen LogP contribution in [0.15, 0.2) is 6.20 Å². The third-order valence-electron chi connectivity index (χ3n) is 2.06. The van der Waals surface area contributed by atoms with E-state index in [-0.39, 0.29) is 6.61 Å². The van der Waals surface area contributed by atoms with Gasteiger partial charge in [0.1, 0.15) is 12.4 Å². The van der Waals surface area contributed by atoms with Crippen LogP contribution in [0.4, 0.5) is 0 Å². The number of aliphatic hydroxyl groups excluding tert-OH is 1. The highest BCUT2D eigenvalue weighted by Crippen LogP contribution is 2.22. The first-order valence-electron chi connectivity index (χ1n) is 3.99. The summed E-state index contributed by atoms with van der Waals surface area (Å²) in [6.07, 6.45) is 1.40. The Morgan fingerprint density at radius 3 is 2.62 bits per heavy atom. The summed E-state index contributed by atoms with van der Waals surface area (Å²) in [6.45, 7) is 3.28. The van der Waals surface area contributed by atoms with Crippen molar-refractivity contribution in [3.8, 4) is 5.75 Å². The molecule has 1 aromatic rings. The van der Waals surface area contributed by atoms with E-state index in [9.17, 15) is 5.21 Å². The molecule has 0 unspecified atom stereocenters. The van der Waals surface area contributed by atoms with Gasteiger partial charge in [0.05, 0.1) is 18.2 Å². The summed E-state index contributed by atoms with van der Waals surface area (Å²) >= 11 is 0. The number of rotatable bonds is 2. The van der Waals surface area contributed by atoms with E-state index >= 15 is 0 Å². The minimum atomic E-state index is -0.272. The molecular formula is C9H13NO3. The average molecular weight is 183 g/mol. The number of nitrogens with zero attached hydrogens (tertiary/aromatic N) is 1. The largest absolute Gasteiger partial charge is 0.618 e. The van der Waals surface area contributed by atoms with Gasteiger partial charge in [-0.05, 0) is 13.8 Å². The lowest BCUT2D eigenvalue weighted by Gasteiger charge is -2.11. The van der Waals surface area contributed by atoms with Crippen molar-refractivity contribution in [2.75, 3.05) is 7.11 Å². The van der Waals surface area contributed by atoms with Crippen molar-refractivity contribution in [3.63, 3.8) is 0 Å². The SMILES string of the molecule is COc1c(C)c[n+]([O-])c(CO)c1C. The summed E-state index contributed by atoms with van der Waals surface area (Å²) < 4.78 is 5.78. The van der Waals surface area contributed by atoms with Gasteiger partial charge >= 0.3 is 0 Å². The summed E-state index contributed by atoms with van der Waals surface area (Å²) in [4.78, 5) is 0. The molecule has 0 radical (unpaired) electrons. The topological polar surface area (TPSA) is 56.4 Å². The van der Waals surface area contributed by atoms with Crippen LogP contribution in [-0.2, 0) is 6.61 Å². The van der Waals surface area contributed by atoms with E-state index in [2.05, 4.69) is 0 Å². The molecule has 1 aromatic heterocycles. The Morgan fingerprint density at radius 1 is 1.54 bits per heavy atom. The number of hydrogen-bond acceptors (Lipinski definition) is 3. The molecule has 1 N–H and O–H groups in total. The van der Waals surface area contributed by atoms with Crippen molar-refractivity contribution in [2.24, 2.45) is 0 Å². The van der Waals surface area contributed by atoms with Crippen molar-refractivity contribution in [3.05, 3.63) is 28.2 Å². The van der Waals surface area contributed by atoms with Crippen molar-refractivity contribution in [2.45, 2.75) is 20.5 Å². The molecule has 1 heterocycles. The van der Waals surface area contributed by atoms with Gasteiger partial charge in [0.25, 0.3) is 0 Å². The number of aryl methyl sites for hydroxylation is 1. The lowest BCUT2D eigenvalue weighted by molar-refractivity contribution is -0.617. The summed E-state index contributed by atoms with van der Waals surface area (Å²) in [7, 11) is 1.55. The van der Waals surface area contributed by atoms with Gasteiger partial charge in [-0.25, -0.2) is 0 Å². The summed E-state index contributed by atoms with van der Waals surface area (Å²) in [6, 6.07) is 0. The molecule has 4 heteroatoms. The molecule has 0 aliphatic rings. The smallest absolute Gasteiger partial charge is 0.224 e. The first-order chi connectivity index (χ1) is 6.11. The number of aromatic nitrogens is 1. The Bertz CT molecular complexity index is 295. The Balaban J connectivity index is 3.39. The van der Waals surface area contributed by atoms with Crippen LogP contribution in [0.25, 0.3) is 0 Å². The van der Waals surface area contributed by atoms with Crippen LogP contribution in [0.3, 0.4) is 0 Å². The van der Waals surface area contributed by atoms with E-state index in [1.165, 1.54) is 6.20 Å². The van der Waals surface area contributed by atoms with E-state index < -0.39 is 0 Å². The Kier molecular flexibility index (Phi) is 2.72. The van der Waals surface area contributed by atoms with Gasteiger partial charge in [-0.1, -0.05) is 0 Å². The number of methoxy groups -OCH3 is 1. The highest BCUT2D eigenvalue weighted by atomic mass is 16.5. The fraction of sp³-hybridized carbons (Fsp3) is 0.444. The van der Waals surface area contributed by atoms with Crippen LogP contribution in [0.2, 0.25) is 0 Å². The van der Waals surface area contributed by atoms with Gasteiger partial charge < -0.3 is 15.1 Å². The zero-order valence-electron chi connectivity index (χ0n) is 8.00. The fourth-order valence-corrected chi connectivity index (χ4v) is 1.41. The van der Waals surface area contributed by atoms with Crippen molar-refractivity contribution >= 4 is 0 Å². The number of aliphatic hydroxyl groups is 1. The summed E-state index contributed by atoms with van der Waals surface area (Å²) in [5.74, 6) is 0.663. The van der Waals surface area contributed by atoms with Gasteiger partial charge in [-0.2, -0.15) is 4.73 Å². The second-order valence-corrected chi connectivity index (χ2v) is 2.90. The van der Waals surface area contributed by atoms with Crippen molar-refractivity contribution in [1.29, 1.82) is 0 Å². The Hall–Kier alpha value is -1.29. The zero-order valence-corrected chi connectivity index (χ0v) is 8.00. The molecule has 72 valence electrons. The maximum absolute atomic E-state index is 11.3. The molecule has 0 saturated heterocycles. The molecule has 0 fully saturated rings. The fourth-order valence-electron chi connectivity index (χ4n) is 1.41. The normalized spacial score (nSPS) is 10.2. The van der Waals surface area contributed by atoms with E-state index in [0.29, 0.717) is 21.7 Å². The molecule has 4 nitrogen and oxygen atoms in total. The molecule has 13 heavy (non-hydrogen) atoms. The van der Waals surface area contributed by atoms with Crippen LogP contribution >= 0.6 is 0 Å². The van der Waals surface area contributed by atoms with E-state index in [4.69, 9.17) is 9.84 Å². The molecule has 1 rings (SSSR count). The Morgan fingerprint density at radius 2 is 2.15 bits per heavy atom. The maximum atomic E-state index is 11.3. The minimum absolute atomic E-state index is 0.272. The average Bonchev–Trinajstić information content (AvgIpc) is 2.04. The molecule has 0 amide bonds. The zero-order chi connectivity index (χ0) is 10.0. The monoisotopic (exact) mass is 183 g/mol. The van der Waals surface area contributed by atoms with E-state index in [1.54, 1.807) is 21.0 Å². The second kappa shape index (κ2) is 3.62. The molecule has 0 spiro atoms. The standard InChI is InChI=1S/C9H13NO3/c1-6-4-10(12)8(5-11)7(2)9(6)13-3/h4,11H,5H2,1-3H3. The Labute approximate surface area is 77.0 Å². The third kappa shape index (κ3) is 1.58. The molecule has 0 aliphatic carbocycles. The molecular weight excluding hydrogens is 170 g/mol. The van der Waals surface area contributed by atoms with Gasteiger partial charge in [0, 0.05) is 0 Å². The second-order valence-electron chi connectivity index (χ2n) is 2.90. The number of ether oxygens (including phenoxy) is 1. The van der Waals surface area contributed by atoms with E-state index in [1.807, 2.05) is 0 Å². The van der Waals surface area contributed by atoms with Crippen molar-refractivity contribution in [1.82, 2.24) is 0 Å². The molecule has 0 bridgehead atoms. The quantitative estimate of drug-likeness (QED) is 0.534. The van der Waals surface area contributed by atoms with Crippen LogP contribution < -0.4 is 9.47 Å². The van der Waals surface area contributed by atoms with Crippen molar-refractivity contribution < 1.29 is 14.6 Å². The lowest BCUT2D eigenvalue weighted by atomic mass is 10.1. The van der Waals surface area contributed by atoms with Gasteiger partial charge in [-0.3, -0.25) is 0 Å². The van der Waals surface area contributed by atoms with Gasteiger partial charge in [0.2, 0.25) is 5.69 Å². The number of pyridine rings is 1. The first kappa shape index (κ1) is 9.80. The predicted molar refractivity (Wildman–Crippen MR) is 47.4 cm³/mol. The van der Waals surface area contributed by atoms with Crippen LogP contribution in [0.5, 0.6) is 5.75 Å². The number of hydrogen-bond donors (Lipinski definition) is 1. The predicted octanol–water partition coefficient (Wildman–Crippen LogP) is 0.438. The van der Waals surface area contributed by atoms with Crippen LogP contribution in [0, 0.1) is 19.1 Å². The van der Waals surface area contributed by atoms with Crippen LogP contribution in [0.1, 0.15) is 16.8 Å². The van der Waals surface area contributed by atoms with Gasteiger partial charge in [0.15, 0.2) is 6.20 Å². The van der Waals surface area contributed by atoms with E-state index in [0.717, 1.165) is 5.56 Å². The highest BCUT2D eigenvalue weighted by Gasteiger charge is 2.16. The molecule has 0 saturated carbocycles. The van der Waals surface area contributed by atoms with Crippen LogP contribution in [-0.4, -0.2) is 12.2 Å². The third-order valence-corrected chi connectivity index (χ3v) is 2.06.